The summed E-state index contributed by atoms with van der Waals surface area (Å²) in [6.45, 7) is 3.68. The highest BCUT2D eigenvalue weighted by atomic mass is 16.3. The fourth-order valence-corrected chi connectivity index (χ4v) is 4.57. The Morgan fingerprint density at radius 1 is 1.15 bits per heavy atom. The van der Waals surface area contributed by atoms with Crippen molar-refractivity contribution >= 4 is 22.8 Å². The molecule has 1 aliphatic rings. The van der Waals surface area contributed by atoms with Gasteiger partial charge in [-0.2, -0.15) is 0 Å². The maximum atomic E-state index is 13.0. The largest absolute Gasteiger partial charge is 0.507 e. The van der Waals surface area contributed by atoms with E-state index in [9.17, 15) is 9.90 Å². The van der Waals surface area contributed by atoms with Crippen molar-refractivity contribution in [1.82, 2.24) is 24.8 Å². The summed E-state index contributed by atoms with van der Waals surface area (Å²) in [6.07, 6.45) is 8.95. The number of aryl methyl sites for hydroxylation is 2. The van der Waals surface area contributed by atoms with Gasteiger partial charge in [0.15, 0.2) is 0 Å². The number of carbonyl (C=O) groups is 1. The van der Waals surface area contributed by atoms with Gasteiger partial charge in [-0.25, -0.2) is 9.78 Å². The SMILES string of the molecule is Cc1cccc(C2C(=NCCc3c[nH]c4ccccc34)NC(=O)N2CCCn2ccnc2)c1O. The Hall–Kier alpha value is -4.07. The van der Waals surface area contributed by atoms with Crippen LogP contribution in [-0.2, 0) is 13.0 Å². The van der Waals surface area contributed by atoms with Crippen LogP contribution in [0.15, 0.2) is 72.4 Å². The fourth-order valence-electron chi connectivity index (χ4n) is 4.57. The molecule has 34 heavy (non-hydrogen) atoms. The number of rotatable bonds is 8. The van der Waals surface area contributed by atoms with Gasteiger partial charge in [-0.1, -0.05) is 36.4 Å². The lowest BCUT2D eigenvalue weighted by molar-refractivity contribution is 0.203. The number of para-hydroxylation sites is 2. The molecule has 2 amide bonds. The van der Waals surface area contributed by atoms with Crippen LogP contribution in [0.1, 0.15) is 29.2 Å². The first kappa shape index (κ1) is 21.8. The molecule has 0 saturated carbocycles. The third kappa shape index (κ3) is 4.26. The van der Waals surface area contributed by atoms with E-state index >= 15 is 0 Å². The van der Waals surface area contributed by atoms with Gasteiger partial charge < -0.3 is 19.6 Å². The Morgan fingerprint density at radius 2 is 2.03 bits per heavy atom. The molecule has 5 rings (SSSR count). The Labute approximate surface area is 198 Å². The summed E-state index contributed by atoms with van der Waals surface area (Å²) >= 11 is 0. The minimum Gasteiger partial charge on any atom is -0.507 e. The van der Waals surface area contributed by atoms with Crippen LogP contribution in [-0.4, -0.2) is 49.5 Å². The highest BCUT2D eigenvalue weighted by Gasteiger charge is 2.38. The molecule has 3 N–H and O–H groups in total. The molecule has 1 unspecified atom stereocenters. The summed E-state index contributed by atoms with van der Waals surface area (Å²) in [5.74, 6) is 0.779. The van der Waals surface area contributed by atoms with Crippen LogP contribution in [0.2, 0.25) is 0 Å². The molecule has 0 radical (unpaired) electrons. The molecule has 8 heteroatoms. The predicted molar refractivity (Wildman–Crippen MR) is 132 cm³/mol. The van der Waals surface area contributed by atoms with Crippen LogP contribution >= 0.6 is 0 Å². The van der Waals surface area contributed by atoms with Crippen molar-refractivity contribution in [3.05, 3.63) is 84.1 Å². The number of aromatic amines is 1. The van der Waals surface area contributed by atoms with Gasteiger partial charge in [-0.3, -0.25) is 10.3 Å². The van der Waals surface area contributed by atoms with Gasteiger partial charge in [0.05, 0.1) is 6.33 Å². The maximum absolute atomic E-state index is 13.0. The number of carbonyl (C=O) groups excluding carboxylic acids is 1. The van der Waals surface area contributed by atoms with Crippen LogP contribution < -0.4 is 5.32 Å². The first-order valence-electron chi connectivity index (χ1n) is 11.5. The van der Waals surface area contributed by atoms with Gasteiger partial charge in [0.2, 0.25) is 0 Å². The Bertz CT molecular complexity index is 1320. The molecule has 2 aromatic carbocycles. The molecule has 8 nitrogen and oxygen atoms in total. The van der Waals surface area contributed by atoms with Crippen molar-refractivity contribution in [3.8, 4) is 5.75 Å². The average molecular weight is 457 g/mol. The number of amides is 2. The highest BCUT2D eigenvalue weighted by Crippen LogP contribution is 2.34. The number of fused-ring (bicyclic) bond motifs is 1. The van der Waals surface area contributed by atoms with Gasteiger partial charge >= 0.3 is 6.03 Å². The molecule has 1 fully saturated rings. The normalized spacial score (nSPS) is 17.1. The number of phenolic OH excluding ortho intramolecular Hbond substituents is 1. The number of urea groups is 1. The van der Waals surface area contributed by atoms with E-state index in [-0.39, 0.29) is 11.8 Å². The van der Waals surface area contributed by atoms with Crippen LogP contribution in [0.5, 0.6) is 5.75 Å². The minimum atomic E-state index is -0.446. The number of amidine groups is 1. The Kier molecular flexibility index (Phi) is 6.03. The number of H-pyrrole nitrogens is 1. The van der Waals surface area contributed by atoms with Crippen molar-refractivity contribution in [2.75, 3.05) is 13.1 Å². The molecule has 0 aliphatic carbocycles. The predicted octanol–water partition coefficient (Wildman–Crippen LogP) is 4.18. The lowest BCUT2D eigenvalue weighted by Gasteiger charge is -2.24. The number of aromatic nitrogens is 3. The molecular weight excluding hydrogens is 428 g/mol. The van der Waals surface area contributed by atoms with E-state index in [4.69, 9.17) is 4.99 Å². The number of nitrogens with one attached hydrogen (secondary N) is 2. The van der Waals surface area contributed by atoms with E-state index in [0.29, 0.717) is 24.5 Å². The van der Waals surface area contributed by atoms with E-state index in [1.165, 1.54) is 10.9 Å². The van der Waals surface area contributed by atoms with Gasteiger partial charge in [0.25, 0.3) is 0 Å². The molecule has 1 atom stereocenters. The minimum absolute atomic E-state index is 0.192. The zero-order valence-electron chi connectivity index (χ0n) is 19.1. The molecule has 2 aromatic heterocycles. The summed E-state index contributed by atoms with van der Waals surface area (Å²) in [4.78, 5) is 26.9. The number of hydrogen-bond acceptors (Lipinski definition) is 4. The molecule has 0 bridgehead atoms. The number of hydrogen-bond donors (Lipinski definition) is 3. The van der Waals surface area contributed by atoms with Gasteiger partial charge in [-0.15, -0.1) is 0 Å². The van der Waals surface area contributed by atoms with E-state index in [1.807, 2.05) is 54.2 Å². The maximum Gasteiger partial charge on any atom is 0.323 e. The number of aliphatic imine (C=N–C) groups is 1. The smallest absolute Gasteiger partial charge is 0.323 e. The van der Waals surface area contributed by atoms with E-state index in [1.54, 1.807) is 17.4 Å². The highest BCUT2D eigenvalue weighted by molar-refractivity contribution is 6.07. The number of benzene rings is 2. The van der Waals surface area contributed by atoms with Crippen molar-refractivity contribution in [1.29, 1.82) is 0 Å². The summed E-state index contributed by atoms with van der Waals surface area (Å²) in [5, 5.41) is 15.0. The third-order valence-corrected chi connectivity index (χ3v) is 6.34. The summed E-state index contributed by atoms with van der Waals surface area (Å²) < 4.78 is 1.99. The third-order valence-electron chi connectivity index (χ3n) is 6.34. The lowest BCUT2D eigenvalue weighted by atomic mass is 10.0. The Morgan fingerprint density at radius 3 is 2.88 bits per heavy atom. The summed E-state index contributed by atoms with van der Waals surface area (Å²) in [6, 6.07) is 13.2. The molecule has 4 aromatic rings. The summed E-state index contributed by atoms with van der Waals surface area (Å²) in [7, 11) is 0. The van der Waals surface area contributed by atoms with Crippen molar-refractivity contribution in [3.63, 3.8) is 0 Å². The van der Waals surface area contributed by atoms with Gasteiger partial charge in [0, 0.05) is 54.7 Å². The number of aromatic hydroxyl groups is 1. The molecule has 3 heterocycles. The van der Waals surface area contributed by atoms with Gasteiger partial charge in [-0.05, 0) is 37.0 Å². The van der Waals surface area contributed by atoms with Crippen LogP contribution in [0.4, 0.5) is 4.79 Å². The van der Waals surface area contributed by atoms with Crippen molar-refractivity contribution in [2.45, 2.75) is 32.4 Å². The molecule has 1 saturated heterocycles. The van der Waals surface area contributed by atoms with E-state index in [0.717, 1.165) is 30.5 Å². The quantitative estimate of drug-likeness (QED) is 0.371. The van der Waals surface area contributed by atoms with Crippen molar-refractivity contribution < 1.29 is 9.90 Å². The van der Waals surface area contributed by atoms with Crippen LogP contribution in [0.3, 0.4) is 0 Å². The first-order chi connectivity index (χ1) is 16.6. The van der Waals surface area contributed by atoms with E-state index < -0.39 is 6.04 Å². The van der Waals surface area contributed by atoms with E-state index in [2.05, 4.69) is 27.4 Å². The molecular formula is C26H28N6O2. The Balaban J connectivity index is 1.38. The number of nitrogens with zero attached hydrogens (tertiary/aromatic N) is 4. The average Bonchev–Trinajstić information content (AvgIpc) is 3.57. The second-order valence-electron chi connectivity index (χ2n) is 8.57. The standard InChI is InChI=1S/C26H28N6O2/c1-18-6-4-8-21(24(18)33)23-25(28-11-10-19-16-29-22-9-3-2-7-20(19)22)30-26(34)32(23)14-5-13-31-15-12-27-17-31/h2-4,6-9,12,15-17,23,29,33H,5,10-11,13-14H2,1H3,(H,28,30,34). The number of imidazole rings is 1. The van der Waals surface area contributed by atoms with Gasteiger partial charge in [0.1, 0.15) is 17.6 Å². The lowest BCUT2D eigenvalue weighted by Crippen LogP contribution is -2.31. The first-order valence-corrected chi connectivity index (χ1v) is 11.5. The second kappa shape index (κ2) is 9.43. The molecule has 174 valence electrons. The van der Waals surface area contributed by atoms with Crippen LogP contribution in [0, 0.1) is 6.92 Å². The summed E-state index contributed by atoms with van der Waals surface area (Å²) in [5.41, 5.74) is 3.75. The zero-order chi connectivity index (χ0) is 23.5. The fraction of sp³-hybridized carbons (Fsp3) is 0.269. The zero-order valence-corrected chi connectivity index (χ0v) is 19.1. The monoisotopic (exact) mass is 456 g/mol. The second-order valence-corrected chi connectivity index (χ2v) is 8.57. The molecule has 1 aliphatic heterocycles. The number of phenols is 1. The molecule has 0 spiro atoms. The van der Waals surface area contributed by atoms with Crippen molar-refractivity contribution in [2.24, 2.45) is 4.99 Å². The topological polar surface area (TPSA) is 98.5 Å². The van der Waals surface area contributed by atoms with Crippen LogP contribution in [0.25, 0.3) is 10.9 Å².